The van der Waals surface area contributed by atoms with Crippen LogP contribution in [0.15, 0.2) is 41.3 Å². The van der Waals surface area contributed by atoms with Gasteiger partial charge in [-0.25, -0.2) is 9.37 Å². The summed E-state index contributed by atoms with van der Waals surface area (Å²) in [6.07, 6.45) is 6.77. The molecule has 1 aliphatic rings. The standard InChI is InChI=1S/C18H19FN6O/c1-24(12-14-10-16(23-26-14)13-4-6-20-7-5-13)18-21-11-15(19)17(22-18)25-8-2-3-9-25/h4-7,10-11H,2-3,8-9,12H2,1H3. The minimum atomic E-state index is -0.385. The molecule has 4 heterocycles. The molecule has 26 heavy (non-hydrogen) atoms. The molecule has 0 N–H and O–H groups in total. The van der Waals surface area contributed by atoms with Crippen molar-refractivity contribution in [1.82, 2.24) is 20.1 Å². The van der Waals surface area contributed by atoms with E-state index in [9.17, 15) is 4.39 Å². The van der Waals surface area contributed by atoms with E-state index < -0.39 is 0 Å². The third-order valence-electron chi connectivity index (χ3n) is 4.39. The normalized spacial score (nSPS) is 14.0. The largest absolute Gasteiger partial charge is 0.359 e. The van der Waals surface area contributed by atoms with Crippen LogP contribution in [0.25, 0.3) is 11.3 Å². The van der Waals surface area contributed by atoms with Crippen LogP contribution < -0.4 is 9.80 Å². The Labute approximate surface area is 150 Å². The van der Waals surface area contributed by atoms with Gasteiger partial charge in [0, 0.05) is 44.2 Å². The number of halogens is 1. The minimum absolute atomic E-state index is 0.370. The molecule has 1 aliphatic heterocycles. The second-order valence-electron chi connectivity index (χ2n) is 6.31. The van der Waals surface area contributed by atoms with Crippen LogP contribution in [-0.4, -0.2) is 40.2 Å². The summed E-state index contributed by atoms with van der Waals surface area (Å²) in [5.41, 5.74) is 1.68. The monoisotopic (exact) mass is 354 g/mol. The van der Waals surface area contributed by atoms with Gasteiger partial charge in [0.15, 0.2) is 17.4 Å². The average molecular weight is 354 g/mol. The maximum atomic E-state index is 14.1. The number of hydrogen-bond donors (Lipinski definition) is 0. The molecule has 8 heteroatoms. The van der Waals surface area contributed by atoms with Crippen LogP contribution in [0.4, 0.5) is 16.2 Å². The van der Waals surface area contributed by atoms with E-state index in [1.54, 1.807) is 12.4 Å². The molecule has 0 unspecified atom stereocenters. The third kappa shape index (κ3) is 3.35. The molecule has 0 aromatic carbocycles. The lowest BCUT2D eigenvalue weighted by atomic mass is 10.2. The predicted octanol–water partition coefficient (Wildman–Crippen LogP) is 2.90. The highest BCUT2D eigenvalue weighted by Gasteiger charge is 2.20. The zero-order valence-electron chi connectivity index (χ0n) is 14.5. The minimum Gasteiger partial charge on any atom is -0.359 e. The Morgan fingerprint density at radius 3 is 2.77 bits per heavy atom. The van der Waals surface area contributed by atoms with E-state index in [2.05, 4.69) is 20.1 Å². The van der Waals surface area contributed by atoms with Gasteiger partial charge in [0.1, 0.15) is 5.69 Å². The van der Waals surface area contributed by atoms with E-state index >= 15 is 0 Å². The molecule has 0 amide bonds. The van der Waals surface area contributed by atoms with E-state index in [1.807, 2.05) is 35.0 Å². The van der Waals surface area contributed by atoms with Crippen molar-refractivity contribution in [2.24, 2.45) is 0 Å². The van der Waals surface area contributed by atoms with Crippen molar-refractivity contribution < 1.29 is 8.91 Å². The van der Waals surface area contributed by atoms with Crippen molar-refractivity contribution in [1.29, 1.82) is 0 Å². The summed E-state index contributed by atoms with van der Waals surface area (Å²) in [4.78, 5) is 16.3. The van der Waals surface area contributed by atoms with E-state index in [1.165, 1.54) is 6.20 Å². The fourth-order valence-electron chi connectivity index (χ4n) is 3.03. The Morgan fingerprint density at radius 2 is 2.00 bits per heavy atom. The van der Waals surface area contributed by atoms with Crippen molar-refractivity contribution in [3.05, 3.63) is 48.4 Å². The SMILES string of the molecule is CN(Cc1cc(-c2ccncc2)no1)c1ncc(F)c(N2CCCC2)n1. The smallest absolute Gasteiger partial charge is 0.227 e. The zero-order chi connectivity index (χ0) is 17.9. The molecule has 0 bridgehead atoms. The lowest BCUT2D eigenvalue weighted by Crippen LogP contribution is -2.24. The maximum Gasteiger partial charge on any atom is 0.227 e. The van der Waals surface area contributed by atoms with Gasteiger partial charge in [0.25, 0.3) is 0 Å². The van der Waals surface area contributed by atoms with Crippen molar-refractivity contribution in [2.45, 2.75) is 19.4 Å². The van der Waals surface area contributed by atoms with Gasteiger partial charge in [-0.1, -0.05) is 5.16 Å². The van der Waals surface area contributed by atoms with E-state index in [4.69, 9.17) is 4.52 Å². The van der Waals surface area contributed by atoms with E-state index in [0.717, 1.165) is 37.2 Å². The number of rotatable bonds is 5. The molecule has 7 nitrogen and oxygen atoms in total. The summed E-state index contributed by atoms with van der Waals surface area (Å²) in [7, 11) is 1.84. The number of anilines is 2. The molecule has 4 rings (SSSR count). The van der Waals surface area contributed by atoms with Gasteiger partial charge in [-0.3, -0.25) is 4.98 Å². The second kappa shape index (κ2) is 7.07. The molecule has 0 radical (unpaired) electrons. The van der Waals surface area contributed by atoms with Crippen LogP contribution in [0.5, 0.6) is 0 Å². The van der Waals surface area contributed by atoms with Gasteiger partial charge < -0.3 is 14.3 Å². The lowest BCUT2D eigenvalue weighted by molar-refractivity contribution is 0.384. The van der Waals surface area contributed by atoms with Crippen LogP contribution in [-0.2, 0) is 6.54 Å². The van der Waals surface area contributed by atoms with Crippen LogP contribution in [0.3, 0.4) is 0 Å². The molecule has 134 valence electrons. The number of nitrogens with zero attached hydrogens (tertiary/aromatic N) is 6. The zero-order valence-corrected chi connectivity index (χ0v) is 14.5. The van der Waals surface area contributed by atoms with Gasteiger partial charge in [-0.2, -0.15) is 4.98 Å². The quantitative estimate of drug-likeness (QED) is 0.697. The molecule has 0 saturated carbocycles. The average Bonchev–Trinajstić information content (AvgIpc) is 3.35. The first-order chi connectivity index (χ1) is 12.7. The molecular formula is C18H19FN6O. The molecule has 3 aromatic heterocycles. The topological polar surface area (TPSA) is 71.2 Å². The number of hydrogen-bond acceptors (Lipinski definition) is 7. The van der Waals surface area contributed by atoms with Crippen molar-refractivity contribution in [3.8, 4) is 11.3 Å². The molecule has 0 atom stereocenters. The summed E-state index contributed by atoms with van der Waals surface area (Å²) < 4.78 is 19.5. The summed E-state index contributed by atoms with van der Waals surface area (Å²) in [6, 6.07) is 5.62. The highest BCUT2D eigenvalue weighted by atomic mass is 19.1. The van der Waals surface area contributed by atoms with Crippen LogP contribution in [0.2, 0.25) is 0 Å². The first-order valence-corrected chi connectivity index (χ1v) is 8.55. The Balaban J connectivity index is 1.51. The Kier molecular flexibility index (Phi) is 4.47. The lowest BCUT2D eigenvalue weighted by Gasteiger charge is -2.20. The summed E-state index contributed by atoms with van der Waals surface area (Å²) in [5, 5.41) is 4.09. The molecule has 1 fully saturated rings. The second-order valence-corrected chi connectivity index (χ2v) is 6.31. The molecule has 1 saturated heterocycles. The molecular weight excluding hydrogens is 335 g/mol. The Bertz CT molecular complexity index is 878. The Morgan fingerprint density at radius 1 is 1.23 bits per heavy atom. The molecule has 0 aliphatic carbocycles. The van der Waals surface area contributed by atoms with Crippen molar-refractivity contribution in [2.75, 3.05) is 29.9 Å². The van der Waals surface area contributed by atoms with Gasteiger partial charge in [-0.05, 0) is 25.0 Å². The van der Waals surface area contributed by atoms with Crippen LogP contribution in [0, 0.1) is 5.82 Å². The van der Waals surface area contributed by atoms with Crippen LogP contribution >= 0.6 is 0 Å². The molecule has 0 spiro atoms. The first kappa shape index (κ1) is 16.4. The summed E-state index contributed by atoms with van der Waals surface area (Å²) >= 11 is 0. The summed E-state index contributed by atoms with van der Waals surface area (Å²) in [5.74, 6) is 1.11. The van der Waals surface area contributed by atoms with Gasteiger partial charge in [0.05, 0.1) is 12.7 Å². The Hall–Kier alpha value is -3.03. The third-order valence-corrected chi connectivity index (χ3v) is 4.39. The fraction of sp³-hybridized carbons (Fsp3) is 0.333. The maximum absolute atomic E-state index is 14.1. The number of pyridine rings is 1. The van der Waals surface area contributed by atoms with Gasteiger partial charge in [-0.15, -0.1) is 0 Å². The van der Waals surface area contributed by atoms with Gasteiger partial charge >= 0.3 is 0 Å². The predicted molar refractivity (Wildman–Crippen MR) is 95.3 cm³/mol. The number of aromatic nitrogens is 4. The highest BCUT2D eigenvalue weighted by molar-refractivity contribution is 5.57. The van der Waals surface area contributed by atoms with E-state index in [-0.39, 0.29) is 5.82 Å². The van der Waals surface area contributed by atoms with Crippen molar-refractivity contribution in [3.63, 3.8) is 0 Å². The first-order valence-electron chi connectivity index (χ1n) is 8.55. The van der Waals surface area contributed by atoms with E-state index in [0.29, 0.717) is 24.1 Å². The van der Waals surface area contributed by atoms with Crippen LogP contribution in [0.1, 0.15) is 18.6 Å². The highest BCUT2D eigenvalue weighted by Crippen LogP contribution is 2.24. The fourth-order valence-corrected chi connectivity index (χ4v) is 3.03. The molecule has 3 aromatic rings. The summed E-state index contributed by atoms with van der Waals surface area (Å²) in [6.45, 7) is 2.09. The van der Waals surface area contributed by atoms with Gasteiger partial charge in [0.2, 0.25) is 5.95 Å². The van der Waals surface area contributed by atoms with Crippen molar-refractivity contribution >= 4 is 11.8 Å².